The van der Waals surface area contributed by atoms with Crippen molar-refractivity contribution in [1.82, 2.24) is 5.32 Å². The number of hydrogen-bond acceptors (Lipinski definition) is 5. The van der Waals surface area contributed by atoms with Crippen LogP contribution in [0, 0.1) is 0 Å². The Morgan fingerprint density at radius 3 is 3.00 bits per heavy atom. The number of alkyl halides is 2. The van der Waals surface area contributed by atoms with Crippen molar-refractivity contribution in [3.05, 3.63) is 23.7 Å². The van der Waals surface area contributed by atoms with Gasteiger partial charge in [0.05, 0.1) is 12.4 Å². The van der Waals surface area contributed by atoms with Crippen molar-refractivity contribution in [3.63, 3.8) is 0 Å². The van der Waals surface area contributed by atoms with Crippen molar-refractivity contribution >= 4 is 17.7 Å². The van der Waals surface area contributed by atoms with Gasteiger partial charge >= 0.3 is 0 Å². The van der Waals surface area contributed by atoms with Gasteiger partial charge in [-0.2, -0.15) is 8.78 Å². The summed E-state index contributed by atoms with van der Waals surface area (Å²) in [4.78, 5) is 11.8. The number of ether oxygens (including phenoxy) is 1. The third-order valence-electron chi connectivity index (χ3n) is 2.90. The first-order chi connectivity index (χ1) is 9.48. The van der Waals surface area contributed by atoms with Crippen LogP contribution in [0.5, 0.6) is 0 Å². The standard InChI is InChI=1S/C12H15F2NO4S/c13-11(14)20-5-8-1-2-9(19-8)10(16)15-6-12(17)3-4-18-7-12/h1-2,11,17H,3-7H2,(H,15,16). The van der Waals surface area contributed by atoms with Gasteiger partial charge in [-0.1, -0.05) is 11.8 Å². The number of hydrogen-bond donors (Lipinski definition) is 2. The van der Waals surface area contributed by atoms with Crippen molar-refractivity contribution < 1.29 is 27.8 Å². The molecule has 1 atom stereocenters. The van der Waals surface area contributed by atoms with E-state index in [1.165, 1.54) is 12.1 Å². The molecule has 1 amide bonds. The third kappa shape index (κ3) is 4.19. The highest BCUT2D eigenvalue weighted by Gasteiger charge is 2.32. The summed E-state index contributed by atoms with van der Waals surface area (Å²) in [7, 11) is 0. The van der Waals surface area contributed by atoms with Crippen LogP contribution in [0.15, 0.2) is 16.5 Å². The molecule has 0 spiro atoms. The minimum absolute atomic E-state index is 0.00270. The summed E-state index contributed by atoms with van der Waals surface area (Å²) < 4.78 is 34.3. The van der Waals surface area contributed by atoms with Gasteiger partial charge in [0.2, 0.25) is 0 Å². The number of carbonyl (C=O) groups excluding carboxylic acids is 1. The second kappa shape index (κ2) is 6.55. The summed E-state index contributed by atoms with van der Waals surface area (Å²) in [5.41, 5.74) is -1.05. The van der Waals surface area contributed by atoms with Crippen LogP contribution in [-0.2, 0) is 10.5 Å². The van der Waals surface area contributed by atoms with E-state index in [4.69, 9.17) is 9.15 Å². The van der Waals surface area contributed by atoms with Gasteiger partial charge in [-0.25, -0.2) is 0 Å². The van der Waals surface area contributed by atoms with E-state index in [1.54, 1.807) is 0 Å². The Morgan fingerprint density at radius 2 is 2.35 bits per heavy atom. The van der Waals surface area contributed by atoms with Crippen molar-refractivity contribution in [2.75, 3.05) is 19.8 Å². The number of carbonyl (C=O) groups is 1. The van der Waals surface area contributed by atoms with Crippen LogP contribution >= 0.6 is 11.8 Å². The van der Waals surface area contributed by atoms with E-state index in [1.807, 2.05) is 0 Å². The number of halogens is 2. The smallest absolute Gasteiger partial charge is 0.287 e. The first kappa shape index (κ1) is 15.3. The van der Waals surface area contributed by atoms with Gasteiger partial charge in [-0.15, -0.1) is 0 Å². The normalized spacial score (nSPS) is 22.4. The highest BCUT2D eigenvalue weighted by Crippen LogP contribution is 2.21. The number of thioether (sulfide) groups is 1. The average Bonchev–Trinajstić information content (AvgIpc) is 3.03. The lowest BCUT2D eigenvalue weighted by Crippen LogP contribution is -2.43. The third-order valence-corrected chi connectivity index (χ3v) is 3.60. The molecule has 0 radical (unpaired) electrons. The molecular formula is C12H15F2NO4S. The number of amides is 1. The number of nitrogens with one attached hydrogen (secondary N) is 1. The predicted octanol–water partition coefficient (Wildman–Crippen LogP) is 1.62. The predicted molar refractivity (Wildman–Crippen MR) is 68.7 cm³/mol. The van der Waals surface area contributed by atoms with Gasteiger partial charge in [0, 0.05) is 19.6 Å². The minimum Gasteiger partial charge on any atom is -0.455 e. The maximum absolute atomic E-state index is 12.0. The largest absolute Gasteiger partial charge is 0.455 e. The molecule has 112 valence electrons. The van der Waals surface area contributed by atoms with Crippen molar-refractivity contribution in [3.8, 4) is 0 Å². The van der Waals surface area contributed by atoms with Crippen molar-refractivity contribution in [2.24, 2.45) is 0 Å². The summed E-state index contributed by atoms with van der Waals surface area (Å²) in [6, 6.07) is 2.91. The Kier molecular flexibility index (Phi) is 5.00. The van der Waals surface area contributed by atoms with E-state index in [2.05, 4.69) is 5.32 Å². The molecule has 1 aromatic rings. The summed E-state index contributed by atoms with van der Waals surface area (Å²) in [6.07, 6.45) is 0.460. The molecule has 5 nitrogen and oxygen atoms in total. The van der Waals surface area contributed by atoms with Gasteiger partial charge in [-0.3, -0.25) is 4.79 Å². The summed E-state index contributed by atoms with van der Waals surface area (Å²) in [5, 5.41) is 12.5. The lowest BCUT2D eigenvalue weighted by atomic mass is 10.0. The molecule has 2 N–H and O–H groups in total. The van der Waals surface area contributed by atoms with E-state index in [9.17, 15) is 18.7 Å². The summed E-state index contributed by atoms with van der Waals surface area (Å²) >= 11 is 0.427. The zero-order valence-electron chi connectivity index (χ0n) is 10.6. The lowest BCUT2D eigenvalue weighted by molar-refractivity contribution is 0.0261. The molecule has 0 aliphatic carbocycles. The van der Waals surface area contributed by atoms with E-state index < -0.39 is 17.3 Å². The zero-order valence-corrected chi connectivity index (χ0v) is 11.4. The molecule has 0 saturated carbocycles. The van der Waals surface area contributed by atoms with Gasteiger partial charge in [0.1, 0.15) is 11.4 Å². The Morgan fingerprint density at radius 1 is 1.55 bits per heavy atom. The molecule has 2 rings (SSSR count). The molecule has 20 heavy (non-hydrogen) atoms. The van der Waals surface area contributed by atoms with Crippen LogP contribution in [0.25, 0.3) is 0 Å². The maximum atomic E-state index is 12.0. The Hall–Kier alpha value is -1.12. The fourth-order valence-electron chi connectivity index (χ4n) is 1.79. The summed E-state index contributed by atoms with van der Waals surface area (Å²) in [6.45, 7) is 0.706. The van der Waals surface area contributed by atoms with Gasteiger partial charge in [0.25, 0.3) is 11.7 Å². The van der Waals surface area contributed by atoms with Crippen molar-refractivity contribution in [1.29, 1.82) is 0 Å². The molecule has 8 heteroatoms. The summed E-state index contributed by atoms with van der Waals surface area (Å²) in [5.74, 6) is -2.61. The number of rotatable bonds is 6. The Balaban J connectivity index is 1.83. The fraction of sp³-hybridized carbons (Fsp3) is 0.583. The van der Waals surface area contributed by atoms with E-state index in [0.717, 1.165) is 0 Å². The van der Waals surface area contributed by atoms with E-state index in [0.29, 0.717) is 30.5 Å². The first-order valence-electron chi connectivity index (χ1n) is 6.05. The van der Waals surface area contributed by atoms with Crippen LogP contribution in [0.3, 0.4) is 0 Å². The van der Waals surface area contributed by atoms with E-state index in [-0.39, 0.29) is 24.7 Å². The molecule has 0 aromatic carbocycles. The molecule has 0 bridgehead atoms. The van der Waals surface area contributed by atoms with E-state index >= 15 is 0 Å². The Labute approximate surface area is 118 Å². The van der Waals surface area contributed by atoms with Gasteiger partial charge in [-0.05, 0) is 12.1 Å². The van der Waals surface area contributed by atoms with Gasteiger partial charge in [0.15, 0.2) is 5.76 Å². The molecule has 2 heterocycles. The molecular weight excluding hydrogens is 292 g/mol. The fourth-order valence-corrected chi connectivity index (χ4v) is 2.24. The van der Waals surface area contributed by atoms with Crippen molar-refractivity contribution in [2.45, 2.75) is 23.5 Å². The molecule has 1 unspecified atom stereocenters. The first-order valence-corrected chi connectivity index (χ1v) is 7.10. The maximum Gasteiger partial charge on any atom is 0.287 e. The SMILES string of the molecule is O=C(NCC1(O)CCOC1)c1ccc(CSC(F)F)o1. The molecule has 1 aliphatic rings. The minimum atomic E-state index is -2.48. The molecule has 1 aliphatic heterocycles. The number of furan rings is 1. The van der Waals surface area contributed by atoms with Crippen LogP contribution < -0.4 is 5.32 Å². The average molecular weight is 307 g/mol. The monoisotopic (exact) mass is 307 g/mol. The molecule has 1 fully saturated rings. The van der Waals surface area contributed by atoms with Gasteiger partial charge < -0.3 is 19.6 Å². The van der Waals surface area contributed by atoms with Crippen LogP contribution in [-0.4, -0.2) is 42.1 Å². The highest BCUT2D eigenvalue weighted by atomic mass is 32.2. The number of aliphatic hydroxyl groups is 1. The highest BCUT2D eigenvalue weighted by molar-refractivity contribution is 7.98. The Bertz CT molecular complexity index is 460. The second-order valence-corrected chi connectivity index (χ2v) is 5.53. The molecule has 1 aromatic heterocycles. The van der Waals surface area contributed by atoms with Crippen LogP contribution in [0.4, 0.5) is 8.78 Å². The molecule has 1 saturated heterocycles. The zero-order chi connectivity index (χ0) is 14.6. The van der Waals surface area contributed by atoms with Crippen LogP contribution in [0.2, 0.25) is 0 Å². The lowest BCUT2D eigenvalue weighted by Gasteiger charge is -2.20. The quantitative estimate of drug-likeness (QED) is 0.835. The van der Waals surface area contributed by atoms with Crippen LogP contribution in [0.1, 0.15) is 22.7 Å². The second-order valence-electron chi connectivity index (χ2n) is 4.55. The topological polar surface area (TPSA) is 71.7 Å².